The first-order valence-electron chi connectivity index (χ1n) is 11.1. The Morgan fingerprint density at radius 2 is 1.62 bits per heavy atom. The van der Waals surface area contributed by atoms with E-state index in [1.165, 1.54) is 5.69 Å². The van der Waals surface area contributed by atoms with Crippen molar-refractivity contribution in [2.75, 3.05) is 52.3 Å². The molecule has 0 aromatic heterocycles. The monoisotopic (exact) mass is 436 g/mol. The normalized spacial score (nSPS) is 19.2. The van der Waals surface area contributed by atoms with Crippen LogP contribution in [-0.4, -0.2) is 75.0 Å². The summed E-state index contributed by atoms with van der Waals surface area (Å²) >= 11 is 0. The lowest BCUT2D eigenvalue weighted by Crippen LogP contribution is -2.44. The van der Waals surface area contributed by atoms with Gasteiger partial charge >= 0.3 is 0 Å². The Bertz CT molecular complexity index is 1010. The summed E-state index contributed by atoms with van der Waals surface area (Å²) in [5, 5.41) is 6.42. The van der Waals surface area contributed by atoms with E-state index in [-0.39, 0.29) is 11.9 Å². The highest BCUT2D eigenvalue weighted by Crippen LogP contribution is 2.35. The van der Waals surface area contributed by atoms with Crippen molar-refractivity contribution in [3.05, 3.63) is 53.1 Å². The Balaban J connectivity index is 1.76. The minimum absolute atomic E-state index is 0.0635. The van der Waals surface area contributed by atoms with Crippen LogP contribution in [0.15, 0.2) is 41.5 Å². The molecule has 0 bridgehead atoms. The number of methoxy groups -OCH3 is 2. The summed E-state index contributed by atoms with van der Waals surface area (Å²) in [4.78, 5) is 17.1. The van der Waals surface area contributed by atoms with E-state index in [4.69, 9.17) is 14.6 Å². The number of nitrogens with zero attached hydrogens (tertiary/aromatic N) is 4. The maximum Gasteiger partial charge on any atom is 0.239 e. The number of benzene rings is 2. The maximum atomic E-state index is 12.4. The molecule has 0 unspecified atom stereocenters. The Morgan fingerprint density at radius 1 is 1.00 bits per heavy atom. The van der Waals surface area contributed by atoms with E-state index in [2.05, 4.69) is 41.1 Å². The number of likely N-dealkylation sites (N-methyl/N-ethyl adjacent to an activating group) is 1. The zero-order valence-corrected chi connectivity index (χ0v) is 19.6. The molecule has 170 valence electrons. The van der Waals surface area contributed by atoms with E-state index in [0.717, 1.165) is 48.6 Å². The van der Waals surface area contributed by atoms with Crippen molar-refractivity contribution in [1.82, 2.24) is 9.91 Å². The number of rotatable bonds is 4. The van der Waals surface area contributed by atoms with Gasteiger partial charge in [-0.3, -0.25) is 4.79 Å². The Kier molecular flexibility index (Phi) is 6.37. The van der Waals surface area contributed by atoms with Gasteiger partial charge in [-0.05, 0) is 50.2 Å². The molecule has 1 fully saturated rings. The minimum atomic E-state index is -0.0733. The lowest BCUT2D eigenvalue weighted by molar-refractivity contribution is -0.130. The number of amides is 1. The average Bonchev–Trinajstić information content (AvgIpc) is 2.94. The number of hydrazone groups is 1. The van der Waals surface area contributed by atoms with Gasteiger partial charge in [-0.15, -0.1) is 0 Å². The van der Waals surface area contributed by atoms with Crippen LogP contribution < -0.4 is 14.4 Å². The van der Waals surface area contributed by atoms with Gasteiger partial charge in [0.25, 0.3) is 0 Å². The van der Waals surface area contributed by atoms with Crippen molar-refractivity contribution in [3.63, 3.8) is 0 Å². The van der Waals surface area contributed by atoms with E-state index in [9.17, 15) is 4.79 Å². The predicted molar refractivity (Wildman–Crippen MR) is 127 cm³/mol. The molecular formula is C25H32N4O3. The summed E-state index contributed by atoms with van der Waals surface area (Å²) in [5.41, 5.74) is 4.99. The number of fused-ring (bicyclic) bond motifs is 1. The van der Waals surface area contributed by atoms with Crippen molar-refractivity contribution in [1.29, 1.82) is 0 Å². The summed E-state index contributed by atoms with van der Waals surface area (Å²) < 4.78 is 11.1. The topological polar surface area (TPSA) is 57.6 Å². The molecule has 0 saturated carbocycles. The maximum absolute atomic E-state index is 12.4. The molecule has 2 aromatic carbocycles. The Hall–Kier alpha value is -3.06. The van der Waals surface area contributed by atoms with Crippen LogP contribution in [-0.2, 0) is 11.2 Å². The van der Waals surface area contributed by atoms with Crippen LogP contribution in [0.25, 0.3) is 0 Å². The molecule has 2 aliphatic heterocycles. The molecule has 7 heteroatoms. The van der Waals surface area contributed by atoms with E-state index in [0.29, 0.717) is 17.9 Å². The third kappa shape index (κ3) is 4.30. The second-order valence-corrected chi connectivity index (χ2v) is 8.57. The first kappa shape index (κ1) is 22.1. The number of carbonyl (C=O) groups is 1. The van der Waals surface area contributed by atoms with Crippen molar-refractivity contribution in [3.8, 4) is 11.5 Å². The van der Waals surface area contributed by atoms with Gasteiger partial charge in [-0.1, -0.05) is 12.1 Å². The van der Waals surface area contributed by atoms with Crippen LogP contribution in [0.4, 0.5) is 5.69 Å². The smallest absolute Gasteiger partial charge is 0.239 e. The number of carbonyl (C=O) groups excluding carboxylic acids is 1. The van der Waals surface area contributed by atoms with Gasteiger partial charge in [0.2, 0.25) is 5.91 Å². The molecule has 32 heavy (non-hydrogen) atoms. The van der Waals surface area contributed by atoms with Crippen LogP contribution in [0.3, 0.4) is 0 Å². The molecule has 1 atom stereocenters. The second-order valence-electron chi connectivity index (χ2n) is 8.57. The lowest BCUT2D eigenvalue weighted by atomic mass is 9.94. The highest BCUT2D eigenvalue weighted by molar-refractivity contribution is 6.14. The highest BCUT2D eigenvalue weighted by atomic mass is 16.5. The molecule has 7 nitrogen and oxygen atoms in total. The summed E-state index contributed by atoms with van der Waals surface area (Å²) in [5.74, 6) is 1.26. The van der Waals surface area contributed by atoms with E-state index in [1.807, 2.05) is 19.1 Å². The van der Waals surface area contributed by atoms with Crippen molar-refractivity contribution >= 4 is 17.3 Å². The first-order chi connectivity index (χ1) is 15.4. The molecule has 0 spiro atoms. The number of piperazine rings is 1. The Labute approximate surface area is 190 Å². The van der Waals surface area contributed by atoms with Gasteiger partial charge in [0.15, 0.2) is 11.5 Å². The molecule has 2 aromatic rings. The van der Waals surface area contributed by atoms with Gasteiger partial charge in [-0.2, -0.15) is 5.10 Å². The van der Waals surface area contributed by atoms with Gasteiger partial charge in [0.1, 0.15) is 0 Å². The van der Waals surface area contributed by atoms with Gasteiger partial charge < -0.3 is 19.3 Å². The molecule has 0 radical (unpaired) electrons. The molecule has 0 aliphatic carbocycles. The molecule has 1 amide bonds. The quantitative estimate of drug-likeness (QED) is 0.738. The first-order valence-corrected chi connectivity index (χ1v) is 11.1. The number of anilines is 1. The van der Waals surface area contributed by atoms with Crippen molar-refractivity contribution < 1.29 is 14.3 Å². The third-order valence-corrected chi connectivity index (χ3v) is 6.34. The molecule has 1 saturated heterocycles. The Morgan fingerprint density at radius 3 is 2.22 bits per heavy atom. The average molecular weight is 437 g/mol. The fourth-order valence-electron chi connectivity index (χ4n) is 4.46. The zero-order valence-electron chi connectivity index (χ0n) is 19.6. The van der Waals surface area contributed by atoms with Crippen molar-refractivity contribution in [2.24, 2.45) is 5.10 Å². The van der Waals surface area contributed by atoms with Crippen molar-refractivity contribution in [2.45, 2.75) is 26.3 Å². The zero-order chi connectivity index (χ0) is 22.8. The summed E-state index contributed by atoms with van der Waals surface area (Å²) in [6.07, 6.45) is 0.682. The number of hydrogen-bond donors (Lipinski definition) is 0. The summed E-state index contributed by atoms with van der Waals surface area (Å²) in [6, 6.07) is 12.4. The van der Waals surface area contributed by atoms with Gasteiger partial charge in [0.05, 0.1) is 26.0 Å². The standard InChI is InChI=1S/C25H32N4O3/c1-17-14-20-15-23(31-4)24(32-5)16-22(20)25(26-29(17)18(2)30)19-6-8-21(9-7-19)28-12-10-27(3)11-13-28/h6-9,15-17H,10-14H2,1-5H3/t17-/m1/s1. The van der Waals surface area contributed by atoms with Crippen LogP contribution in [0.1, 0.15) is 30.5 Å². The molecular weight excluding hydrogens is 404 g/mol. The molecule has 2 aliphatic rings. The van der Waals surface area contributed by atoms with Crippen LogP contribution in [0.5, 0.6) is 11.5 Å². The largest absolute Gasteiger partial charge is 0.493 e. The third-order valence-electron chi connectivity index (χ3n) is 6.34. The van der Waals surface area contributed by atoms with Gasteiger partial charge in [0, 0.05) is 49.9 Å². The minimum Gasteiger partial charge on any atom is -0.493 e. The van der Waals surface area contributed by atoms with Gasteiger partial charge in [-0.25, -0.2) is 5.01 Å². The lowest BCUT2D eigenvalue weighted by Gasteiger charge is -2.34. The van der Waals surface area contributed by atoms with Crippen LogP contribution in [0, 0.1) is 0 Å². The molecule has 4 rings (SSSR count). The second kappa shape index (κ2) is 9.20. The van der Waals surface area contributed by atoms with E-state index >= 15 is 0 Å². The summed E-state index contributed by atoms with van der Waals surface area (Å²) in [6.45, 7) is 7.75. The molecule has 2 heterocycles. The molecule has 0 N–H and O–H groups in total. The number of ether oxygens (including phenoxy) is 2. The number of hydrogen-bond acceptors (Lipinski definition) is 6. The van der Waals surface area contributed by atoms with Crippen LogP contribution >= 0.6 is 0 Å². The van der Waals surface area contributed by atoms with Crippen LogP contribution in [0.2, 0.25) is 0 Å². The SMILES string of the molecule is COc1cc2c(cc1OC)C(c1ccc(N3CCN(C)CC3)cc1)=NN(C(C)=O)[C@H](C)C2. The fourth-order valence-corrected chi connectivity index (χ4v) is 4.46. The van der Waals surface area contributed by atoms with E-state index < -0.39 is 0 Å². The van der Waals surface area contributed by atoms with E-state index in [1.54, 1.807) is 26.2 Å². The summed E-state index contributed by atoms with van der Waals surface area (Å²) in [7, 11) is 5.43. The fraction of sp³-hybridized carbons (Fsp3) is 0.440. The predicted octanol–water partition coefficient (Wildman–Crippen LogP) is 3.00. The highest BCUT2D eigenvalue weighted by Gasteiger charge is 2.27.